The first-order valence-corrected chi connectivity index (χ1v) is 7.82. The lowest BCUT2D eigenvalue weighted by molar-refractivity contribution is -0.133. The van der Waals surface area contributed by atoms with Crippen molar-refractivity contribution in [2.45, 2.75) is 51.5 Å². The predicted molar refractivity (Wildman–Crippen MR) is 89.8 cm³/mol. The van der Waals surface area contributed by atoms with Gasteiger partial charge in [-0.3, -0.25) is 4.79 Å². The van der Waals surface area contributed by atoms with Gasteiger partial charge in [-0.2, -0.15) is 0 Å². The van der Waals surface area contributed by atoms with Crippen molar-refractivity contribution in [3.63, 3.8) is 0 Å². The van der Waals surface area contributed by atoms with Crippen LogP contribution in [0.2, 0.25) is 0 Å². The van der Waals surface area contributed by atoms with Crippen LogP contribution < -0.4 is 5.73 Å². The molecule has 1 atom stereocenters. The Bertz CT molecular complexity index is 450. The molecule has 0 aliphatic heterocycles. The van der Waals surface area contributed by atoms with Gasteiger partial charge in [0, 0.05) is 19.0 Å². The highest BCUT2D eigenvalue weighted by Gasteiger charge is 2.26. The van der Waals surface area contributed by atoms with Crippen molar-refractivity contribution < 1.29 is 4.79 Å². The first-order chi connectivity index (χ1) is 9.76. The maximum atomic E-state index is 12.4. The van der Waals surface area contributed by atoms with Gasteiger partial charge in [0.05, 0.1) is 0 Å². The van der Waals surface area contributed by atoms with Crippen molar-refractivity contribution in [1.29, 1.82) is 0 Å². The van der Waals surface area contributed by atoms with E-state index in [2.05, 4.69) is 36.1 Å². The molecule has 1 aliphatic carbocycles. The molecule has 0 radical (unpaired) electrons. The van der Waals surface area contributed by atoms with Gasteiger partial charge < -0.3 is 10.6 Å². The van der Waals surface area contributed by atoms with Crippen LogP contribution in [-0.4, -0.2) is 29.9 Å². The Morgan fingerprint density at radius 3 is 2.71 bits per heavy atom. The second kappa shape index (κ2) is 9.06. The van der Waals surface area contributed by atoms with Gasteiger partial charge in [-0.05, 0) is 49.8 Å². The number of carbonyl (C=O) groups is 1. The third-order valence-electron chi connectivity index (χ3n) is 4.14. The number of benzene rings is 1. The minimum Gasteiger partial charge on any atom is -0.339 e. The summed E-state index contributed by atoms with van der Waals surface area (Å²) in [5.74, 6) is 0.279. The smallest absolute Gasteiger partial charge is 0.222 e. The lowest BCUT2D eigenvalue weighted by Crippen LogP contribution is -2.44. The van der Waals surface area contributed by atoms with Crippen LogP contribution in [0.1, 0.15) is 43.7 Å². The van der Waals surface area contributed by atoms with E-state index in [0.29, 0.717) is 19.0 Å². The van der Waals surface area contributed by atoms with Crippen molar-refractivity contribution in [3.05, 3.63) is 35.4 Å². The summed E-state index contributed by atoms with van der Waals surface area (Å²) in [5.41, 5.74) is 8.39. The van der Waals surface area contributed by atoms with Crippen LogP contribution in [0.5, 0.6) is 0 Å². The lowest BCUT2D eigenvalue weighted by Gasteiger charge is -2.35. The first-order valence-electron chi connectivity index (χ1n) is 7.82. The van der Waals surface area contributed by atoms with Crippen molar-refractivity contribution in [3.8, 4) is 0 Å². The Balaban J connectivity index is 0.00000220. The van der Waals surface area contributed by atoms with Gasteiger partial charge in [0.1, 0.15) is 0 Å². The summed E-state index contributed by atoms with van der Waals surface area (Å²) in [5, 5.41) is 0. The number of aryl methyl sites for hydroxylation is 1. The summed E-state index contributed by atoms with van der Waals surface area (Å²) in [6, 6.07) is 8.99. The number of rotatable bonds is 6. The average Bonchev–Trinajstić information content (AvgIpc) is 2.49. The minimum absolute atomic E-state index is 0. The quantitative estimate of drug-likeness (QED) is 0.878. The number of carbonyl (C=O) groups excluding carboxylic acids is 1. The summed E-state index contributed by atoms with van der Waals surface area (Å²) < 4.78 is 0. The number of amides is 1. The van der Waals surface area contributed by atoms with Crippen molar-refractivity contribution in [2.75, 3.05) is 13.1 Å². The molecule has 0 fully saturated rings. The fourth-order valence-corrected chi connectivity index (χ4v) is 3.09. The van der Waals surface area contributed by atoms with E-state index < -0.39 is 0 Å². The first kappa shape index (κ1) is 18.0. The van der Waals surface area contributed by atoms with E-state index in [1.54, 1.807) is 0 Å². The van der Waals surface area contributed by atoms with Gasteiger partial charge in [0.25, 0.3) is 0 Å². The van der Waals surface area contributed by atoms with Crippen LogP contribution in [0.4, 0.5) is 0 Å². The van der Waals surface area contributed by atoms with E-state index in [-0.39, 0.29) is 18.3 Å². The Labute approximate surface area is 134 Å². The van der Waals surface area contributed by atoms with E-state index in [1.807, 2.05) is 0 Å². The third kappa shape index (κ3) is 4.72. The summed E-state index contributed by atoms with van der Waals surface area (Å²) in [7, 11) is 0. The molecule has 2 rings (SSSR count). The Morgan fingerprint density at radius 1 is 1.33 bits per heavy atom. The number of hydrogen-bond donors (Lipinski definition) is 1. The van der Waals surface area contributed by atoms with Gasteiger partial charge >= 0.3 is 0 Å². The second-order valence-electron chi connectivity index (χ2n) is 5.64. The SMILES string of the molecule is CCCN(C(=O)CCCN)C1CCc2ccccc2C1.Cl. The van der Waals surface area contributed by atoms with Crippen LogP contribution in [0.25, 0.3) is 0 Å². The lowest BCUT2D eigenvalue weighted by atomic mass is 9.87. The molecule has 0 saturated heterocycles. The highest BCUT2D eigenvalue weighted by Crippen LogP contribution is 2.25. The molecule has 0 heterocycles. The molecule has 1 aromatic rings. The zero-order valence-corrected chi connectivity index (χ0v) is 13.7. The number of nitrogens with two attached hydrogens (primary N) is 1. The Morgan fingerprint density at radius 2 is 2.05 bits per heavy atom. The van der Waals surface area contributed by atoms with Crippen LogP contribution in [0, 0.1) is 0 Å². The van der Waals surface area contributed by atoms with Gasteiger partial charge in [0.2, 0.25) is 5.91 Å². The van der Waals surface area contributed by atoms with E-state index in [4.69, 9.17) is 5.73 Å². The molecule has 118 valence electrons. The molecule has 1 aliphatic rings. The minimum atomic E-state index is 0. The van der Waals surface area contributed by atoms with Crippen molar-refractivity contribution in [2.24, 2.45) is 5.73 Å². The number of halogens is 1. The van der Waals surface area contributed by atoms with E-state index in [1.165, 1.54) is 11.1 Å². The van der Waals surface area contributed by atoms with Crippen molar-refractivity contribution in [1.82, 2.24) is 4.90 Å². The summed E-state index contributed by atoms with van der Waals surface area (Å²) >= 11 is 0. The molecule has 1 amide bonds. The van der Waals surface area contributed by atoms with Crippen LogP contribution in [0.3, 0.4) is 0 Å². The van der Waals surface area contributed by atoms with Crippen molar-refractivity contribution >= 4 is 18.3 Å². The van der Waals surface area contributed by atoms with Crippen LogP contribution in [-0.2, 0) is 17.6 Å². The zero-order valence-electron chi connectivity index (χ0n) is 12.9. The highest BCUT2D eigenvalue weighted by atomic mass is 35.5. The summed E-state index contributed by atoms with van der Waals surface area (Å²) in [6.07, 6.45) is 5.59. The Kier molecular flexibility index (Phi) is 7.76. The van der Waals surface area contributed by atoms with Gasteiger partial charge in [-0.15, -0.1) is 12.4 Å². The molecule has 0 bridgehead atoms. The molecule has 0 spiro atoms. The molecule has 1 aromatic carbocycles. The molecule has 0 aromatic heterocycles. The van der Waals surface area contributed by atoms with Crippen LogP contribution in [0.15, 0.2) is 24.3 Å². The largest absolute Gasteiger partial charge is 0.339 e. The molecule has 1 unspecified atom stereocenters. The standard InChI is InChI=1S/C17H26N2O.ClH/c1-2-12-19(17(20)8-5-11-18)16-10-9-14-6-3-4-7-15(14)13-16;/h3-4,6-7,16H,2,5,8-13,18H2,1H3;1H. The maximum Gasteiger partial charge on any atom is 0.222 e. The van der Waals surface area contributed by atoms with Gasteiger partial charge in [0.15, 0.2) is 0 Å². The Hall–Kier alpha value is -1.06. The monoisotopic (exact) mass is 310 g/mol. The molecule has 3 nitrogen and oxygen atoms in total. The zero-order chi connectivity index (χ0) is 14.4. The number of fused-ring (bicyclic) bond motifs is 1. The topological polar surface area (TPSA) is 46.3 Å². The van der Waals surface area contributed by atoms with E-state index in [9.17, 15) is 4.79 Å². The molecule has 4 heteroatoms. The fourth-order valence-electron chi connectivity index (χ4n) is 3.09. The fraction of sp³-hybridized carbons (Fsp3) is 0.588. The van der Waals surface area contributed by atoms with Crippen LogP contribution >= 0.6 is 12.4 Å². The summed E-state index contributed by atoms with van der Waals surface area (Å²) in [6.45, 7) is 3.61. The normalized spacial score (nSPS) is 16.8. The maximum absolute atomic E-state index is 12.4. The average molecular weight is 311 g/mol. The van der Waals surface area contributed by atoms with E-state index >= 15 is 0 Å². The van der Waals surface area contributed by atoms with Gasteiger partial charge in [-0.25, -0.2) is 0 Å². The van der Waals surface area contributed by atoms with E-state index in [0.717, 1.165) is 38.6 Å². The van der Waals surface area contributed by atoms with Gasteiger partial charge in [-0.1, -0.05) is 31.2 Å². The number of hydrogen-bond acceptors (Lipinski definition) is 2. The summed E-state index contributed by atoms with van der Waals surface area (Å²) in [4.78, 5) is 14.5. The molecule has 2 N–H and O–H groups in total. The number of nitrogens with zero attached hydrogens (tertiary/aromatic N) is 1. The third-order valence-corrected chi connectivity index (χ3v) is 4.14. The molecule has 0 saturated carbocycles. The molecular formula is C17H27ClN2O. The molecule has 21 heavy (non-hydrogen) atoms. The highest BCUT2D eigenvalue weighted by molar-refractivity contribution is 5.85. The molecular weight excluding hydrogens is 284 g/mol. The second-order valence-corrected chi connectivity index (χ2v) is 5.64. The predicted octanol–water partition coefficient (Wildman–Crippen LogP) is 2.94.